The van der Waals surface area contributed by atoms with Crippen LogP contribution in [0.3, 0.4) is 0 Å². The zero-order valence-electron chi connectivity index (χ0n) is 10.9. The highest BCUT2D eigenvalue weighted by Gasteiger charge is 2.40. The molecule has 0 saturated carbocycles. The lowest BCUT2D eigenvalue weighted by atomic mass is 9.97. The fraction of sp³-hybridized carbons (Fsp3) is 0.533. The van der Waals surface area contributed by atoms with Gasteiger partial charge in [0.15, 0.2) is 0 Å². The Morgan fingerprint density at radius 3 is 2.53 bits per heavy atom. The second-order valence-corrected chi connectivity index (χ2v) is 5.98. The summed E-state index contributed by atoms with van der Waals surface area (Å²) in [4.78, 5) is 2.41. The summed E-state index contributed by atoms with van der Waals surface area (Å²) in [5.74, 6) is 0. The van der Waals surface area contributed by atoms with Crippen LogP contribution in [0, 0.1) is 18.3 Å². The van der Waals surface area contributed by atoms with Crippen molar-refractivity contribution in [2.45, 2.75) is 50.8 Å². The first-order chi connectivity index (χ1) is 9.11. The molecule has 1 unspecified atom stereocenters. The minimum Gasteiger partial charge on any atom is -0.393 e. The molecule has 0 spiro atoms. The number of fused-ring (bicyclic) bond motifs is 2. The molecule has 2 fully saturated rings. The third-order valence-electron chi connectivity index (χ3n) is 4.46. The van der Waals surface area contributed by atoms with E-state index in [-0.39, 0.29) is 6.10 Å². The van der Waals surface area contributed by atoms with Gasteiger partial charge in [-0.15, -0.1) is 0 Å². The van der Waals surface area contributed by atoms with Gasteiger partial charge in [0.2, 0.25) is 0 Å². The predicted octanol–water partition coefficient (Wildman–Crippen LogP) is 3.01. The molecule has 1 N–H and O–H groups in total. The summed E-state index contributed by atoms with van der Waals surface area (Å²) < 4.78 is 0. The van der Waals surface area contributed by atoms with Crippen molar-refractivity contribution in [2.24, 2.45) is 0 Å². The number of nitriles is 1. The van der Waals surface area contributed by atoms with Crippen LogP contribution >= 0.6 is 11.6 Å². The molecule has 0 amide bonds. The molecule has 1 aromatic carbocycles. The van der Waals surface area contributed by atoms with Crippen LogP contribution in [-0.2, 0) is 0 Å². The van der Waals surface area contributed by atoms with E-state index in [4.69, 9.17) is 16.9 Å². The molecule has 2 heterocycles. The molecule has 2 aliphatic heterocycles. The molecular formula is C15H17ClN2O. The van der Waals surface area contributed by atoms with Gasteiger partial charge >= 0.3 is 0 Å². The zero-order chi connectivity index (χ0) is 13.6. The number of rotatable bonds is 1. The topological polar surface area (TPSA) is 47.3 Å². The van der Waals surface area contributed by atoms with Gasteiger partial charge in [-0.3, -0.25) is 0 Å². The lowest BCUT2D eigenvalue weighted by Crippen LogP contribution is -2.45. The van der Waals surface area contributed by atoms with E-state index < -0.39 is 0 Å². The standard InChI is InChI=1S/C15H17ClN2O/c1-9-14(5-2-10(8-17)15(9)16)18-11-3-4-12(18)7-13(19)6-11/h2,5,11-13,19H,3-4,6-7H2,1H3/t11-,12+,13?. The Bertz CT molecular complexity index is 538. The van der Waals surface area contributed by atoms with Gasteiger partial charge in [0, 0.05) is 17.8 Å². The maximum Gasteiger partial charge on any atom is 0.101 e. The molecule has 2 aliphatic rings. The van der Waals surface area contributed by atoms with Crippen LogP contribution in [0.1, 0.15) is 36.8 Å². The normalized spacial score (nSPS) is 29.4. The molecule has 100 valence electrons. The molecule has 3 atom stereocenters. The Balaban J connectivity index is 2.00. The average Bonchev–Trinajstić information content (AvgIpc) is 2.65. The van der Waals surface area contributed by atoms with Crippen molar-refractivity contribution in [1.82, 2.24) is 0 Å². The van der Waals surface area contributed by atoms with Gasteiger partial charge in [0.1, 0.15) is 6.07 Å². The number of aliphatic hydroxyl groups is 1. The third-order valence-corrected chi connectivity index (χ3v) is 4.95. The van der Waals surface area contributed by atoms with E-state index in [1.165, 1.54) is 0 Å². The highest BCUT2D eigenvalue weighted by atomic mass is 35.5. The SMILES string of the molecule is Cc1c(N2[C@@H]3CC[C@H]2CC(O)C3)ccc(C#N)c1Cl. The Hall–Kier alpha value is -1.24. The average molecular weight is 277 g/mol. The molecule has 4 heteroatoms. The van der Waals surface area contributed by atoms with Gasteiger partial charge < -0.3 is 10.0 Å². The van der Waals surface area contributed by atoms with Crippen molar-refractivity contribution in [3.63, 3.8) is 0 Å². The van der Waals surface area contributed by atoms with Crippen LogP contribution in [-0.4, -0.2) is 23.3 Å². The summed E-state index contributed by atoms with van der Waals surface area (Å²) in [6, 6.07) is 6.75. The summed E-state index contributed by atoms with van der Waals surface area (Å²) in [6.45, 7) is 1.98. The maximum atomic E-state index is 9.86. The van der Waals surface area contributed by atoms with Crippen LogP contribution < -0.4 is 4.90 Å². The quantitative estimate of drug-likeness (QED) is 0.858. The van der Waals surface area contributed by atoms with Crippen LogP contribution in [0.25, 0.3) is 0 Å². The summed E-state index contributed by atoms with van der Waals surface area (Å²) >= 11 is 6.26. The fourth-order valence-electron chi connectivity index (χ4n) is 3.58. The van der Waals surface area contributed by atoms with Crippen molar-refractivity contribution in [2.75, 3.05) is 4.90 Å². The van der Waals surface area contributed by atoms with E-state index in [0.717, 1.165) is 36.9 Å². The molecule has 19 heavy (non-hydrogen) atoms. The van der Waals surface area contributed by atoms with Crippen molar-refractivity contribution < 1.29 is 5.11 Å². The summed E-state index contributed by atoms with van der Waals surface area (Å²) in [5, 5.41) is 19.4. The van der Waals surface area contributed by atoms with Crippen LogP contribution in [0.4, 0.5) is 5.69 Å². The fourth-order valence-corrected chi connectivity index (χ4v) is 3.78. The van der Waals surface area contributed by atoms with Crippen LogP contribution in [0.15, 0.2) is 12.1 Å². The van der Waals surface area contributed by atoms with E-state index in [1.54, 1.807) is 6.07 Å². The first kappa shape index (κ1) is 12.8. The number of piperidine rings is 1. The number of hydrogen-bond acceptors (Lipinski definition) is 3. The van der Waals surface area contributed by atoms with Gasteiger partial charge in [0.25, 0.3) is 0 Å². The smallest absolute Gasteiger partial charge is 0.101 e. The summed E-state index contributed by atoms with van der Waals surface area (Å²) in [6.07, 6.45) is 3.79. The number of nitrogens with zero attached hydrogens (tertiary/aromatic N) is 2. The number of benzene rings is 1. The molecule has 1 aromatic rings. The van der Waals surface area contributed by atoms with Gasteiger partial charge in [-0.05, 0) is 50.3 Å². The largest absolute Gasteiger partial charge is 0.393 e. The third kappa shape index (κ3) is 2.00. The first-order valence-electron chi connectivity index (χ1n) is 6.77. The molecule has 0 aliphatic carbocycles. The predicted molar refractivity (Wildman–Crippen MR) is 75.4 cm³/mol. The number of aliphatic hydroxyl groups excluding tert-OH is 1. The Morgan fingerprint density at radius 2 is 1.95 bits per heavy atom. The van der Waals surface area contributed by atoms with E-state index in [9.17, 15) is 5.11 Å². The lowest BCUT2D eigenvalue weighted by Gasteiger charge is -2.40. The number of halogens is 1. The van der Waals surface area contributed by atoms with Crippen molar-refractivity contribution in [1.29, 1.82) is 5.26 Å². The molecule has 0 radical (unpaired) electrons. The molecule has 0 aromatic heterocycles. The van der Waals surface area contributed by atoms with E-state index in [0.29, 0.717) is 22.7 Å². The highest BCUT2D eigenvalue weighted by molar-refractivity contribution is 6.32. The van der Waals surface area contributed by atoms with Gasteiger partial charge in [-0.25, -0.2) is 0 Å². The van der Waals surface area contributed by atoms with Crippen molar-refractivity contribution in [3.8, 4) is 6.07 Å². The Kier molecular flexibility index (Phi) is 3.16. The minimum absolute atomic E-state index is 0.164. The van der Waals surface area contributed by atoms with Gasteiger partial charge in [0.05, 0.1) is 16.7 Å². The Morgan fingerprint density at radius 1 is 1.32 bits per heavy atom. The molecule has 3 nitrogen and oxygen atoms in total. The maximum absolute atomic E-state index is 9.86. The monoisotopic (exact) mass is 276 g/mol. The van der Waals surface area contributed by atoms with Gasteiger partial charge in [-0.2, -0.15) is 5.26 Å². The van der Waals surface area contributed by atoms with Crippen LogP contribution in [0.2, 0.25) is 5.02 Å². The van der Waals surface area contributed by atoms with E-state index >= 15 is 0 Å². The second kappa shape index (κ2) is 4.70. The molecule has 2 bridgehead atoms. The van der Waals surface area contributed by atoms with Crippen molar-refractivity contribution in [3.05, 3.63) is 28.3 Å². The molecular weight excluding hydrogens is 260 g/mol. The first-order valence-corrected chi connectivity index (χ1v) is 7.15. The lowest BCUT2D eigenvalue weighted by molar-refractivity contribution is 0.126. The van der Waals surface area contributed by atoms with E-state index in [2.05, 4.69) is 11.0 Å². The molecule has 3 rings (SSSR count). The summed E-state index contributed by atoms with van der Waals surface area (Å²) in [5.41, 5.74) is 2.64. The van der Waals surface area contributed by atoms with Crippen LogP contribution in [0.5, 0.6) is 0 Å². The second-order valence-electron chi connectivity index (χ2n) is 5.60. The highest BCUT2D eigenvalue weighted by Crippen LogP contribution is 2.42. The number of anilines is 1. The molecule has 2 saturated heterocycles. The summed E-state index contributed by atoms with van der Waals surface area (Å²) in [7, 11) is 0. The minimum atomic E-state index is -0.164. The van der Waals surface area contributed by atoms with E-state index in [1.807, 2.05) is 13.0 Å². The van der Waals surface area contributed by atoms with Gasteiger partial charge in [-0.1, -0.05) is 11.6 Å². The number of hydrogen-bond donors (Lipinski definition) is 1. The zero-order valence-corrected chi connectivity index (χ0v) is 11.7. The Labute approximate surface area is 118 Å². The van der Waals surface area contributed by atoms with Crippen molar-refractivity contribution >= 4 is 17.3 Å².